The van der Waals surface area contributed by atoms with Crippen molar-refractivity contribution < 1.29 is 9.47 Å². The summed E-state index contributed by atoms with van der Waals surface area (Å²) in [4.78, 5) is 0. The van der Waals surface area contributed by atoms with Crippen molar-refractivity contribution in [1.29, 1.82) is 0 Å². The molecule has 0 aromatic carbocycles. The van der Waals surface area contributed by atoms with Crippen molar-refractivity contribution in [3.63, 3.8) is 0 Å². The molecule has 0 aliphatic rings. The highest BCUT2D eigenvalue weighted by atomic mass is 32.2. The molecule has 0 fully saturated rings. The fourth-order valence-corrected chi connectivity index (χ4v) is 1.60. The largest absolute Gasteiger partial charge is 0.382 e. The molecule has 0 rings (SSSR count). The molecule has 0 bridgehead atoms. The van der Waals surface area contributed by atoms with E-state index in [9.17, 15) is 0 Å². The van der Waals surface area contributed by atoms with Crippen LogP contribution in [0, 0.1) is 0 Å². The Bertz CT molecular complexity index is 134. The molecule has 0 unspecified atom stereocenters. The van der Waals surface area contributed by atoms with Gasteiger partial charge in [-0.15, -0.1) is 6.58 Å². The number of rotatable bonds is 12. The van der Waals surface area contributed by atoms with E-state index in [0.29, 0.717) is 13.2 Å². The minimum Gasteiger partial charge on any atom is -0.382 e. The minimum atomic E-state index is 0.686. The maximum Gasteiger partial charge on any atom is 0.0700 e. The fourth-order valence-electron chi connectivity index (χ4n) is 0.980. The molecule has 90 valence electrons. The standard InChI is InChI=1S/C11H23NO2S/c1-3-10-15-11-6-12-5-4-7-14-9-8-13-2/h3,12H,1,4-11H2,2H3. The van der Waals surface area contributed by atoms with E-state index in [2.05, 4.69) is 11.9 Å². The van der Waals surface area contributed by atoms with Gasteiger partial charge in [0.1, 0.15) is 0 Å². The molecule has 0 aliphatic carbocycles. The SMILES string of the molecule is C=CCSCCNCCCOCCOC. The van der Waals surface area contributed by atoms with Crippen molar-refractivity contribution >= 4 is 11.8 Å². The van der Waals surface area contributed by atoms with E-state index in [0.717, 1.165) is 37.6 Å². The summed E-state index contributed by atoms with van der Waals surface area (Å²) in [6.45, 7) is 7.97. The number of nitrogens with one attached hydrogen (secondary N) is 1. The molecule has 0 heterocycles. The monoisotopic (exact) mass is 233 g/mol. The average Bonchev–Trinajstić information content (AvgIpc) is 2.26. The van der Waals surface area contributed by atoms with Gasteiger partial charge in [0.05, 0.1) is 13.2 Å². The van der Waals surface area contributed by atoms with Crippen molar-refractivity contribution in [3.05, 3.63) is 12.7 Å². The zero-order chi connectivity index (χ0) is 11.2. The quantitative estimate of drug-likeness (QED) is 0.409. The van der Waals surface area contributed by atoms with E-state index in [1.807, 2.05) is 17.8 Å². The van der Waals surface area contributed by atoms with Gasteiger partial charge in [-0.2, -0.15) is 11.8 Å². The molecule has 0 aromatic rings. The van der Waals surface area contributed by atoms with Crippen LogP contribution in [-0.4, -0.2) is 51.5 Å². The second-order valence-corrected chi connectivity index (χ2v) is 4.22. The maximum absolute atomic E-state index is 5.34. The summed E-state index contributed by atoms with van der Waals surface area (Å²) in [5.41, 5.74) is 0. The highest BCUT2D eigenvalue weighted by Crippen LogP contribution is 1.96. The summed E-state index contributed by atoms with van der Waals surface area (Å²) in [5.74, 6) is 2.19. The molecule has 4 heteroatoms. The van der Waals surface area contributed by atoms with Gasteiger partial charge in [-0.3, -0.25) is 0 Å². The molecule has 0 atom stereocenters. The van der Waals surface area contributed by atoms with Crippen LogP contribution in [0.3, 0.4) is 0 Å². The Morgan fingerprint density at radius 1 is 1.27 bits per heavy atom. The summed E-state index contributed by atoms with van der Waals surface area (Å²) in [6.07, 6.45) is 3.00. The van der Waals surface area contributed by atoms with E-state index in [-0.39, 0.29) is 0 Å². The summed E-state index contributed by atoms with van der Waals surface area (Å²) in [6, 6.07) is 0. The van der Waals surface area contributed by atoms with Crippen molar-refractivity contribution in [2.75, 3.05) is 51.5 Å². The average molecular weight is 233 g/mol. The molecule has 0 aromatic heterocycles. The highest BCUT2D eigenvalue weighted by Gasteiger charge is 1.90. The van der Waals surface area contributed by atoms with E-state index >= 15 is 0 Å². The zero-order valence-corrected chi connectivity index (χ0v) is 10.5. The van der Waals surface area contributed by atoms with E-state index < -0.39 is 0 Å². The Morgan fingerprint density at radius 3 is 2.87 bits per heavy atom. The first-order valence-electron chi connectivity index (χ1n) is 5.38. The van der Waals surface area contributed by atoms with Crippen molar-refractivity contribution in [1.82, 2.24) is 5.32 Å². The summed E-state index contributed by atoms with van der Waals surface area (Å²) in [7, 11) is 1.69. The van der Waals surface area contributed by atoms with Gasteiger partial charge in [-0.1, -0.05) is 6.08 Å². The molecule has 0 saturated carbocycles. The van der Waals surface area contributed by atoms with Crippen LogP contribution in [0.25, 0.3) is 0 Å². The van der Waals surface area contributed by atoms with Gasteiger partial charge in [-0.05, 0) is 13.0 Å². The van der Waals surface area contributed by atoms with Gasteiger partial charge < -0.3 is 14.8 Å². The van der Waals surface area contributed by atoms with Gasteiger partial charge in [0.15, 0.2) is 0 Å². The summed E-state index contributed by atoms with van der Waals surface area (Å²) < 4.78 is 10.2. The van der Waals surface area contributed by atoms with Crippen LogP contribution >= 0.6 is 11.8 Å². The lowest BCUT2D eigenvalue weighted by Crippen LogP contribution is -2.20. The number of hydrogen-bond acceptors (Lipinski definition) is 4. The highest BCUT2D eigenvalue weighted by molar-refractivity contribution is 7.99. The first-order valence-corrected chi connectivity index (χ1v) is 6.53. The molecule has 15 heavy (non-hydrogen) atoms. The lowest BCUT2D eigenvalue weighted by atomic mass is 10.4. The zero-order valence-electron chi connectivity index (χ0n) is 9.67. The molecule has 1 N–H and O–H groups in total. The van der Waals surface area contributed by atoms with Crippen LogP contribution in [0.2, 0.25) is 0 Å². The van der Waals surface area contributed by atoms with Gasteiger partial charge >= 0.3 is 0 Å². The molecule has 0 aliphatic heterocycles. The Labute approximate surface area is 97.6 Å². The second kappa shape index (κ2) is 14.0. The molecular weight excluding hydrogens is 210 g/mol. The maximum atomic E-state index is 5.34. The minimum absolute atomic E-state index is 0.686. The topological polar surface area (TPSA) is 30.5 Å². The summed E-state index contributed by atoms with van der Waals surface area (Å²) in [5, 5.41) is 3.37. The number of thioether (sulfide) groups is 1. The van der Waals surface area contributed by atoms with Gasteiger partial charge in [0.25, 0.3) is 0 Å². The Hall–Kier alpha value is -0.0300. The van der Waals surface area contributed by atoms with Gasteiger partial charge in [0.2, 0.25) is 0 Å². The fraction of sp³-hybridized carbons (Fsp3) is 0.818. The van der Waals surface area contributed by atoms with Crippen LogP contribution in [0.15, 0.2) is 12.7 Å². The number of methoxy groups -OCH3 is 1. The molecular formula is C11H23NO2S. The van der Waals surface area contributed by atoms with Crippen molar-refractivity contribution in [2.45, 2.75) is 6.42 Å². The van der Waals surface area contributed by atoms with E-state index in [1.54, 1.807) is 7.11 Å². The third-order valence-electron chi connectivity index (χ3n) is 1.73. The van der Waals surface area contributed by atoms with Crippen LogP contribution in [0.4, 0.5) is 0 Å². The molecule has 0 spiro atoms. The third kappa shape index (κ3) is 14.0. The van der Waals surface area contributed by atoms with Crippen LogP contribution in [-0.2, 0) is 9.47 Å². The van der Waals surface area contributed by atoms with E-state index in [4.69, 9.17) is 9.47 Å². The Kier molecular flexibility index (Phi) is 13.9. The second-order valence-electron chi connectivity index (χ2n) is 3.07. The van der Waals surface area contributed by atoms with Crippen molar-refractivity contribution in [2.24, 2.45) is 0 Å². The Morgan fingerprint density at radius 2 is 2.13 bits per heavy atom. The predicted molar refractivity (Wildman–Crippen MR) is 67.7 cm³/mol. The number of hydrogen-bond donors (Lipinski definition) is 1. The molecule has 0 saturated heterocycles. The third-order valence-corrected chi connectivity index (χ3v) is 2.70. The van der Waals surface area contributed by atoms with Crippen LogP contribution in [0.5, 0.6) is 0 Å². The van der Waals surface area contributed by atoms with Crippen LogP contribution in [0.1, 0.15) is 6.42 Å². The molecule has 0 radical (unpaired) electrons. The predicted octanol–water partition coefficient (Wildman–Crippen LogP) is 1.55. The molecule has 0 amide bonds. The summed E-state index contributed by atoms with van der Waals surface area (Å²) >= 11 is 1.90. The lowest BCUT2D eigenvalue weighted by molar-refractivity contribution is 0.0695. The van der Waals surface area contributed by atoms with Gasteiger partial charge in [0, 0.05) is 31.8 Å². The van der Waals surface area contributed by atoms with E-state index in [1.165, 1.54) is 0 Å². The molecule has 3 nitrogen and oxygen atoms in total. The first-order chi connectivity index (χ1) is 7.41. The smallest absolute Gasteiger partial charge is 0.0700 e. The normalized spacial score (nSPS) is 10.5. The number of ether oxygens (including phenoxy) is 2. The lowest BCUT2D eigenvalue weighted by Gasteiger charge is -2.05. The first kappa shape index (κ1) is 15.0. The van der Waals surface area contributed by atoms with Gasteiger partial charge in [-0.25, -0.2) is 0 Å². The van der Waals surface area contributed by atoms with Crippen LogP contribution < -0.4 is 5.32 Å². The Balaban J connectivity index is 2.83. The van der Waals surface area contributed by atoms with Crippen molar-refractivity contribution in [3.8, 4) is 0 Å².